The molecule has 0 saturated carbocycles. The van der Waals surface area contributed by atoms with Crippen molar-refractivity contribution in [3.8, 4) is 0 Å². The summed E-state index contributed by atoms with van der Waals surface area (Å²) in [6.07, 6.45) is 0. The Labute approximate surface area is 128 Å². The summed E-state index contributed by atoms with van der Waals surface area (Å²) >= 11 is 0. The maximum absolute atomic E-state index is 12.4. The number of nitrogens with zero attached hydrogens (tertiary/aromatic N) is 1. The zero-order chi connectivity index (χ0) is 15.4. The minimum absolute atomic E-state index is 0.0572. The van der Waals surface area contributed by atoms with E-state index in [1.165, 1.54) is 5.56 Å². The third-order valence-corrected chi connectivity index (χ3v) is 3.61. The van der Waals surface area contributed by atoms with Gasteiger partial charge in [0.2, 0.25) is 5.91 Å². The predicted molar refractivity (Wildman–Crippen MR) is 84.4 cm³/mol. The van der Waals surface area contributed by atoms with Crippen LogP contribution in [0.2, 0.25) is 0 Å². The van der Waals surface area contributed by atoms with E-state index in [2.05, 4.69) is 5.32 Å². The van der Waals surface area contributed by atoms with Crippen molar-refractivity contribution in [2.45, 2.75) is 6.54 Å². The van der Waals surface area contributed by atoms with Crippen LogP contribution in [0.25, 0.3) is 0 Å². The van der Waals surface area contributed by atoms with Crippen LogP contribution in [0.5, 0.6) is 0 Å². The molecule has 3 rings (SSSR count). The maximum atomic E-state index is 12.4. The Morgan fingerprint density at radius 2 is 1.82 bits per heavy atom. The molecule has 2 aromatic rings. The van der Waals surface area contributed by atoms with Gasteiger partial charge in [-0.1, -0.05) is 42.5 Å². The molecule has 0 spiro atoms. The van der Waals surface area contributed by atoms with Crippen molar-refractivity contribution in [3.05, 3.63) is 60.2 Å². The summed E-state index contributed by atoms with van der Waals surface area (Å²) in [6.45, 7) is 1.14. The molecule has 0 aliphatic carbocycles. The first-order valence-electron chi connectivity index (χ1n) is 7.29. The van der Waals surface area contributed by atoms with Crippen LogP contribution in [0.3, 0.4) is 0 Å². The van der Waals surface area contributed by atoms with E-state index < -0.39 is 0 Å². The number of nitrogens with one attached hydrogen (secondary N) is 1. The minimum atomic E-state index is -0.157. The summed E-state index contributed by atoms with van der Waals surface area (Å²) < 4.78 is 0. The lowest BCUT2D eigenvalue weighted by atomic mass is 10.2. The zero-order valence-electron chi connectivity index (χ0n) is 12.2. The highest BCUT2D eigenvalue weighted by Gasteiger charge is 2.27. The molecule has 1 heterocycles. The van der Waals surface area contributed by atoms with Crippen molar-refractivity contribution in [3.63, 3.8) is 0 Å². The van der Waals surface area contributed by atoms with Crippen LogP contribution < -0.4 is 15.5 Å². The van der Waals surface area contributed by atoms with Gasteiger partial charge in [0.15, 0.2) is 6.54 Å². The normalized spacial score (nSPS) is 13.5. The summed E-state index contributed by atoms with van der Waals surface area (Å²) in [6, 6.07) is 17.4. The second-order valence-electron chi connectivity index (χ2n) is 5.23. The third kappa shape index (κ3) is 3.15. The summed E-state index contributed by atoms with van der Waals surface area (Å²) in [5.41, 5.74) is 2.63. The molecular weight excluding hydrogens is 278 g/mol. The highest BCUT2D eigenvalue weighted by molar-refractivity contribution is 6.10. The Hall–Kier alpha value is -2.66. The SMILES string of the molecule is O=C1CN(C(=O)C[NH2+]Cc2ccccc2)c2ccccc2N1. The lowest BCUT2D eigenvalue weighted by Crippen LogP contribution is -2.85. The van der Waals surface area contributed by atoms with Crippen LogP contribution in [0.1, 0.15) is 5.56 Å². The van der Waals surface area contributed by atoms with E-state index in [4.69, 9.17) is 0 Å². The Kier molecular flexibility index (Phi) is 4.16. The van der Waals surface area contributed by atoms with Gasteiger partial charge in [-0.05, 0) is 12.1 Å². The highest BCUT2D eigenvalue weighted by Crippen LogP contribution is 2.28. The number of hydrogen-bond acceptors (Lipinski definition) is 2. The molecule has 0 bridgehead atoms. The fraction of sp³-hybridized carbons (Fsp3) is 0.176. The van der Waals surface area contributed by atoms with E-state index >= 15 is 0 Å². The minimum Gasteiger partial charge on any atom is -0.335 e. The number of hydrogen-bond donors (Lipinski definition) is 2. The Bertz CT molecular complexity index is 685. The van der Waals surface area contributed by atoms with Gasteiger partial charge in [0.05, 0.1) is 11.4 Å². The quantitative estimate of drug-likeness (QED) is 0.874. The van der Waals surface area contributed by atoms with Gasteiger partial charge >= 0.3 is 0 Å². The number of anilines is 2. The van der Waals surface area contributed by atoms with Gasteiger partial charge in [0.1, 0.15) is 13.1 Å². The molecule has 0 fully saturated rings. The maximum Gasteiger partial charge on any atom is 0.282 e. The molecule has 112 valence electrons. The first-order valence-corrected chi connectivity index (χ1v) is 7.29. The van der Waals surface area contributed by atoms with Crippen LogP contribution in [0.15, 0.2) is 54.6 Å². The van der Waals surface area contributed by atoms with Crippen LogP contribution >= 0.6 is 0 Å². The Morgan fingerprint density at radius 1 is 1.09 bits per heavy atom. The van der Waals surface area contributed by atoms with E-state index in [0.29, 0.717) is 12.2 Å². The zero-order valence-corrected chi connectivity index (χ0v) is 12.2. The van der Waals surface area contributed by atoms with E-state index in [1.54, 1.807) is 11.0 Å². The molecule has 2 aromatic carbocycles. The van der Waals surface area contributed by atoms with Crippen LogP contribution in [-0.2, 0) is 16.1 Å². The predicted octanol–water partition coefficient (Wildman–Crippen LogP) is 0.735. The van der Waals surface area contributed by atoms with Crippen molar-refractivity contribution >= 4 is 23.2 Å². The molecule has 3 N–H and O–H groups in total. The number of amides is 2. The number of benzene rings is 2. The molecule has 0 saturated heterocycles. The van der Waals surface area contributed by atoms with Crippen LogP contribution in [0, 0.1) is 0 Å². The van der Waals surface area contributed by atoms with Gasteiger partial charge in [0, 0.05) is 5.56 Å². The second kappa shape index (κ2) is 6.41. The van der Waals surface area contributed by atoms with Crippen molar-refractivity contribution in [1.29, 1.82) is 0 Å². The number of nitrogens with two attached hydrogens (primary N) is 1. The summed E-state index contributed by atoms with van der Waals surface area (Å²) in [5, 5.41) is 4.73. The summed E-state index contributed by atoms with van der Waals surface area (Å²) in [7, 11) is 0. The Balaban J connectivity index is 1.64. The molecule has 2 amide bonds. The van der Waals surface area contributed by atoms with Crippen molar-refractivity contribution in [2.24, 2.45) is 0 Å². The van der Waals surface area contributed by atoms with Crippen molar-refractivity contribution < 1.29 is 14.9 Å². The van der Waals surface area contributed by atoms with Gasteiger partial charge in [-0.3, -0.25) is 14.5 Å². The van der Waals surface area contributed by atoms with E-state index in [0.717, 1.165) is 12.2 Å². The largest absolute Gasteiger partial charge is 0.335 e. The molecule has 1 aliphatic heterocycles. The number of quaternary nitrogens is 1. The molecule has 0 aromatic heterocycles. The molecule has 0 unspecified atom stereocenters. The Morgan fingerprint density at radius 3 is 2.64 bits per heavy atom. The first kappa shape index (κ1) is 14.3. The molecule has 0 atom stereocenters. The highest BCUT2D eigenvalue weighted by atomic mass is 16.2. The summed E-state index contributed by atoms with van der Waals surface area (Å²) in [4.78, 5) is 25.7. The van der Waals surface area contributed by atoms with Crippen molar-refractivity contribution in [1.82, 2.24) is 0 Å². The van der Waals surface area contributed by atoms with Gasteiger partial charge < -0.3 is 10.6 Å². The molecule has 5 heteroatoms. The fourth-order valence-corrected chi connectivity index (χ4v) is 2.54. The standard InChI is InChI=1S/C17H17N3O2/c21-16-12-20(15-9-5-4-8-14(15)19-16)17(22)11-18-10-13-6-2-1-3-7-13/h1-9,18H,10-12H2,(H,19,21)/p+1. The monoisotopic (exact) mass is 296 g/mol. The molecule has 0 radical (unpaired) electrons. The number of fused-ring (bicyclic) bond motifs is 1. The smallest absolute Gasteiger partial charge is 0.282 e. The van der Waals surface area contributed by atoms with Gasteiger partial charge in [-0.15, -0.1) is 0 Å². The number of rotatable bonds is 4. The average Bonchev–Trinajstić information content (AvgIpc) is 2.55. The fourth-order valence-electron chi connectivity index (χ4n) is 2.54. The second-order valence-corrected chi connectivity index (χ2v) is 5.23. The topological polar surface area (TPSA) is 66.0 Å². The molecule has 5 nitrogen and oxygen atoms in total. The van der Waals surface area contributed by atoms with Gasteiger partial charge in [-0.2, -0.15) is 0 Å². The van der Waals surface area contributed by atoms with Crippen LogP contribution in [-0.4, -0.2) is 24.9 Å². The molecule has 22 heavy (non-hydrogen) atoms. The number of para-hydroxylation sites is 2. The molecular formula is C17H18N3O2+. The van der Waals surface area contributed by atoms with Crippen molar-refractivity contribution in [2.75, 3.05) is 23.3 Å². The number of carbonyl (C=O) groups is 2. The van der Waals surface area contributed by atoms with E-state index in [-0.39, 0.29) is 18.4 Å². The number of carbonyl (C=O) groups excluding carboxylic acids is 2. The van der Waals surface area contributed by atoms with Crippen LogP contribution in [0.4, 0.5) is 11.4 Å². The van der Waals surface area contributed by atoms with E-state index in [1.807, 2.05) is 53.8 Å². The average molecular weight is 296 g/mol. The first-order chi connectivity index (χ1) is 10.7. The lowest BCUT2D eigenvalue weighted by Gasteiger charge is -2.28. The molecule has 1 aliphatic rings. The van der Waals surface area contributed by atoms with E-state index in [9.17, 15) is 9.59 Å². The van der Waals surface area contributed by atoms with Gasteiger partial charge in [-0.25, -0.2) is 0 Å². The van der Waals surface area contributed by atoms with Gasteiger partial charge in [0.25, 0.3) is 5.91 Å². The third-order valence-electron chi connectivity index (χ3n) is 3.61. The summed E-state index contributed by atoms with van der Waals surface area (Å²) in [5.74, 6) is -0.214. The lowest BCUT2D eigenvalue weighted by molar-refractivity contribution is -0.659.